The van der Waals surface area contributed by atoms with Crippen LogP contribution in [0, 0.1) is 64.0 Å². The van der Waals surface area contributed by atoms with Crippen LogP contribution in [0.5, 0.6) is 0 Å². The number of hydrogen-bond acceptors (Lipinski definition) is 4. The summed E-state index contributed by atoms with van der Waals surface area (Å²) in [4.78, 5) is 8.34. The summed E-state index contributed by atoms with van der Waals surface area (Å²) in [7, 11) is 0. The predicted molar refractivity (Wildman–Crippen MR) is 108 cm³/mol. The van der Waals surface area contributed by atoms with Crippen LogP contribution in [0.25, 0.3) is 5.78 Å². The monoisotopic (exact) mass is 615 g/mol. The van der Waals surface area contributed by atoms with Gasteiger partial charge in [0.2, 0.25) is 0 Å². The molecule has 4 rings (SSSR count). The van der Waals surface area contributed by atoms with E-state index < -0.39 is 0 Å². The predicted octanol–water partition coefficient (Wildman–Crippen LogP) is 4.60. The number of hydrogen-bond donors (Lipinski definition) is 1. The van der Waals surface area contributed by atoms with Crippen molar-refractivity contribution in [2.24, 2.45) is 0 Å². The second-order valence-corrected chi connectivity index (χ2v) is 6.48. The van der Waals surface area contributed by atoms with Crippen molar-refractivity contribution in [3.05, 3.63) is 88.3 Å². The average molecular weight is 616 g/mol. The number of rotatable bonds is 3. The molecule has 0 saturated heterocycles. The van der Waals surface area contributed by atoms with E-state index in [4.69, 9.17) is 11.6 Å². The number of aromatic nitrogens is 4. The van der Waals surface area contributed by atoms with E-state index in [1.54, 1.807) is 4.52 Å². The van der Waals surface area contributed by atoms with Gasteiger partial charge in [-0.3, -0.25) is 0 Å². The fraction of sp³-hybridized carbons (Fsp3) is 0.190. The third-order valence-corrected chi connectivity index (χ3v) is 4.59. The van der Waals surface area contributed by atoms with E-state index in [-0.39, 0.29) is 31.1 Å². The summed E-state index contributed by atoms with van der Waals surface area (Å²) < 4.78 is 1.60. The van der Waals surface area contributed by atoms with Gasteiger partial charge < -0.3 is 5.32 Å². The summed E-state index contributed by atoms with van der Waals surface area (Å²) >= 11 is 6.28. The topological polar surface area (TPSA) is 55.1 Å². The Labute approximate surface area is 193 Å². The minimum atomic E-state index is 0. The maximum atomic E-state index is 6.28. The van der Waals surface area contributed by atoms with Crippen LogP contribution < -0.4 is 5.32 Å². The molecule has 28 heavy (non-hydrogen) atoms. The van der Waals surface area contributed by atoms with Gasteiger partial charge >= 0.3 is 31.1 Å². The standard InChI is InChI=1S/C13H11ClN5.C8H9.U/c1-9-11(14)12(19-13(18-9)16-8-17-19)15-7-10-5-3-2-4-6-10;1-7-5-3-4-6-8(7)2;/h3-6,8,15H,7H2,1H3;3,5-6H,1-2H3;/q2*-1;+2. The molecule has 7 heteroatoms. The molecule has 4 aromatic rings. The second kappa shape index (κ2) is 10.6. The van der Waals surface area contributed by atoms with Crippen LogP contribution in [0.2, 0.25) is 5.02 Å². The van der Waals surface area contributed by atoms with Gasteiger partial charge in [-0.1, -0.05) is 25.4 Å². The van der Waals surface area contributed by atoms with Gasteiger partial charge in [0.05, 0.1) is 5.69 Å². The number of fused-ring (bicyclic) bond motifs is 1. The number of anilines is 1. The molecule has 0 saturated carbocycles. The molecular weight excluding hydrogens is 596 g/mol. The van der Waals surface area contributed by atoms with Crippen LogP contribution in [0.15, 0.2) is 48.8 Å². The first kappa shape index (κ1) is 22.4. The molecular formula is C21H20ClN5U. The van der Waals surface area contributed by atoms with Crippen molar-refractivity contribution in [3.63, 3.8) is 0 Å². The Morgan fingerprint density at radius 2 is 1.75 bits per heavy atom. The second-order valence-electron chi connectivity index (χ2n) is 6.10. The molecule has 5 nitrogen and oxygen atoms in total. The summed E-state index contributed by atoms with van der Waals surface area (Å²) in [5.74, 6) is 1.24. The van der Waals surface area contributed by atoms with E-state index >= 15 is 0 Å². The van der Waals surface area contributed by atoms with Gasteiger partial charge in [-0.05, 0) is 6.92 Å². The SMILES string of the molecule is Cc1c[c-]ccc1C.Cc1nc2ncnn2c(NCc2cc[c-]cc2)c1Cl.[U+2]. The molecule has 0 aliphatic rings. The fourth-order valence-electron chi connectivity index (χ4n) is 2.40. The Morgan fingerprint density at radius 3 is 2.39 bits per heavy atom. The summed E-state index contributed by atoms with van der Waals surface area (Å²) in [6.07, 6.45) is 1.46. The smallest absolute Gasteiger partial charge is 0.367 e. The van der Waals surface area contributed by atoms with Crippen LogP contribution in [-0.2, 0) is 6.54 Å². The minimum absolute atomic E-state index is 0. The van der Waals surface area contributed by atoms with Gasteiger partial charge in [0.15, 0.2) is 5.82 Å². The molecule has 0 amide bonds. The normalized spacial score (nSPS) is 10.0. The van der Waals surface area contributed by atoms with Gasteiger partial charge in [0, 0.05) is 6.54 Å². The van der Waals surface area contributed by atoms with Crippen LogP contribution in [-0.4, -0.2) is 19.6 Å². The van der Waals surface area contributed by atoms with Gasteiger partial charge in [0.1, 0.15) is 11.3 Å². The van der Waals surface area contributed by atoms with Crippen molar-refractivity contribution in [3.8, 4) is 0 Å². The molecule has 2 aromatic heterocycles. The van der Waals surface area contributed by atoms with E-state index in [0.29, 0.717) is 23.2 Å². The van der Waals surface area contributed by atoms with Crippen LogP contribution >= 0.6 is 11.6 Å². The molecule has 0 atom stereocenters. The quantitative estimate of drug-likeness (QED) is 0.343. The molecule has 0 spiro atoms. The van der Waals surface area contributed by atoms with Gasteiger partial charge in [-0.2, -0.15) is 80.3 Å². The fourth-order valence-corrected chi connectivity index (χ4v) is 2.59. The van der Waals surface area contributed by atoms with Crippen molar-refractivity contribution in [1.82, 2.24) is 19.6 Å². The van der Waals surface area contributed by atoms with Crippen molar-refractivity contribution < 1.29 is 31.1 Å². The van der Waals surface area contributed by atoms with E-state index in [0.717, 1.165) is 11.3 Å². The average Bonchev–Trinajstić information content (AvgIpc) is 3.14. The first-order valence-electron chi connectivity index (χ1n) is 8.54. The zero-order chi connectivity index (χ0) is 19.2. The van der Waals surface area contributed by atoms with Crippen molar-refractivity contribution in [1.29, 1.82) is 0 Å². The van der Waals surface area contributed by atoms with E-state index in [1.807, 2.05) is 43.3 Å². The number of aryl methyl sites for hydroxylation is 3. The van der Waals surface area contributed by atoms with Gasteiger partial charge in [-0.15, -0.1) is 5.56 Å². The van der Waals surface area contributed by atoms with Crippen LogP contribution in [0.1, 0.15) is 22.4 Å². The Bertz CT molecular complexity index is 1010. The van der Waals surface area contributed by atoms with Gasteiger partial charge in [-0.25, -0.2) is 4.98 Å². The third-order valence-electron chi connectivity index (χ3n) is 4.13. The van der Waals surface area contributed by atoms with E-state index in [1.165, 1.54) is 17.5 Å². The Balaban J connectivity index is 0.000000264. The zero-order valence-electron chi connectivity index (χ0n) is 16.0. The van der Waals surface area contributed by atoms with Crippen LogP contribution in [0.4, 0.5) is 5.82 Å². The first-order chi connectivity index (χ1) is 13.1. The molecule has 2 heterocycles. The molecule has 0 aliphatic heterocycles. The summed E-state index contributed by atoms with van der Waals surface area (Å²) in [6, 6.07) is 19.7. The molecule has 0 fully saturated rings. The number of nitrogens with zero attached hydrogens (tertiary/aromatic N) is 4. The molecule has 1 N–H and O–H groups in total. The Morgan fingerprint density at radius 1 is 1.04 bits per heavy atom. The summed E-state index contributed by atoms with van der Waals surface area (Å²) in [5.41, 5.74) is 4.51. The largest absolute Gasteiger partial charge is 2.00 e. The van der Waals surface area contributed by atoms with Crippen LogP contribution in [0.3, 0.4) is 0 Å². The summed E-state index contributed by atoms with van der Waals surface area (Å²) in [6.45, 7) is 6.68. The number of benzene rings is 2. The van der Waals surface area contributed by atoms with Crippen molar-refractivity contribution >= 4 is 23.2 Å². The molecule has 2 aromatic carbocycles. The van der Waals surface area contributed by atoms with E-state index in [9.17, 15) is 0 Å². The maximum absolute atomic E-state index is 6.28. The van der Waals surface area contributed by atoms with E-state index in [2.05, 4.69) is 52.4 Å². The molecule has 0 aliphatic carbocycles. The first-order valence-corrected chi connectivity index (χ1v) is 8.92. The number of halogens is 1. The minimum Gasteiger partial charge on any atom is -0.367 e. The molecule has 0 bridgehead atoms. The Kier molecular flexibility index (Phi) is 8.50. The summed E-state index contributed by atoms with van der Waals surface area (Å²) in [5, 5.41) is 7.95. The molecule has 140 valence electrons. The molecule has 0 unspecified atom stereocenters. The van der Waals surface area contributed by atoms with Gasteiger partial charge in [0.25, 0.3) is 5.78 Å². The number of nitrogens with one attached hydrogen (secondary N) is 1. The molecule has 0 radical (unpaired) electrons. The van der Waals surface area contributed by atoms with Crippen molar-refractivity contribution in [2.45, 2.75) is 27.3 Å². The zero-order valence-corrected chi connectivity index (χ0v) is 20.9. The Hall–Kier alpha value is -1.87. The van der Waals surface area contributed by atoms with Crippen molar-refractivity contribution in [2.75, 3.05) is 5.32 Å². The maximum Gasteiger partial charge on any atom is 2.00 e. The third kappa shape index (κ3) is 5.57.